The third kappa shape index (κ3) is 1.73. The molecule has 2 rings (SSSR count). The van der Waals surface area contributed by atoms with Crippen LogP contribution < -0.4 is 0 Å². The molecule has 0 nitrogen and oxygen atoms in total. The lowest BCUT2D eigenvalue weighted by atomic mass is 9.92. The minimum atomic E-state index is 0.976. The van der Waals surface area contributed by atoms with Crippen molar-refractivity contribution in [2.24, 2.45) is 0 Å². The fourth-order valence-electron chi connectivity index (χ4n) is 2.05. The first kappa shape index (κ1) is 10.5. The maximum atomic E-state index is 5.50. The molecular formula is C16H14. The van der Waals surface area contributed by atoms with E-state index in [9.17, 15) is 0 Å². The van der Waals surface area contributed by atoms with E-state index < -0.39 is 0 Å². The van der Waals surface area contributed by atoms with E-state index in [0.29, 0.717) is 0 Å². The third-order valence-corrected chi connectivity index (χ3v) is 2.89. The minimum absolute atomic E-state index is 0.976. The molecule has 0 N–H and O–H groups in total. The van der Waals surface area contributed by atoms with Gasteiger partial charge in [0.2, 0.25) is 0 Å². The second-order valence-corrected chi connectivity index (χ2v) is 3.94. The van der Waals surface area contributed by atoms with Crippen molar-refractivity contribution in [2.45, 2.75) is 13.8 Å². The molecular weight excluding hydrogens is 192 g/mol. The van der Waals surface area contributed by atoms with Gasteiger partial charge in [-0.05, 0) is 42.2 Å². The average molecular weight is 206 g/mol. The van der Waals surface area contributed by atoms with Crippen molar-refractivity contribution in [1.82, 2.24) is 0 Å². The smallest absolute Gasteiger partial charge is 0.0278 e. The predicted octanol–water partition coefficient (Wildman–Crippen LogP) is 3.95. The van der Waals surface area contributed by atoms with E-state index >= 15 is 0 Å². The molecule has 0 radical (unpaired) electrons. The Morgan fingerprint density at radius 2 is 1.62 bits per heavy atom. The summed E-state index contributed by atoms with van der Waals surface area (Å²) in [7, 11) is 0. The number of hydrogen-bond donors (Lipinski definition) is 0. The van der Waals surface area contributed by atoms with Crippen LogP contribution in [0.3, 0.4) is 0 Å². The Labute approximate surface area is 96.9 Å². The molecule has 0 heterocycles. The van der Waals surface area contributed by atoms with Gasteiger partial charge in [0.1, 0.15) is 0 Å². The van der Waals surface area contributed by atoms with Gasteiger partial charge in [0.05, 0.1) is 0 Å². The standard InChI is InChI=1S/C16H14/c1-4-14-11-10-12(2)16(13(14)3)15-8-6-5-7-9-15/h1,5-11H,2-3H3. The largest absolute Gasteiger partial charge is 0.115 e. The Hall–Kier alpha value is -2.00. The minimum Gasteiger partial charge on any atom is -0.115 e. The van der Waals surface area contributed by atoms with Crippen LogP contribution in [0.15, 0.2) is 42.5 Å². The van der Waals surface area contributed by atoms with Crippen molar-refractivity contribution in [1.29, 1.82) is 0 Å². The van der Waals surface area contributed by atoms with E-state index in [0.717, 1.165) is 5.56 Å². The zero-order valence-corrected chi connectivity index (χ0v) is 9.62. The molecule has 0 aromatic heterocycles. The van der Waals surface area contributed by atoms with Gasteiger partial charge < -0.3 is 0 Å². The highest BCUT2D eigenvalue weighted by molar-refractivity contribution is 5.73. The van der Waals surface area contributed by atoms with Gasteiger partial charge in [-0.25, -0.2) is 0 Å². The van der Waals surface area contributed by atoms with Gasteiger partial charge in [-0.3, -0.25) is 0 Å². The summed E-state index contributed by atoms with van der Waals surface area (Å²) in [6.07, 6.45) is 5.50. The monoisotopic (exact) mass is 206 g/mol. The summed E-state index contributed by atoms with van der Waals surface area (Å²) < 4.78 is 0. The molecule has 2 aromatic rings. The van der Waals surface area contributed by atoms with Crippen LogP contribution in [0.25, 0.3) is 11.1 Å². The summed E-state index contributed by atoms with van der Waals surface area (Å²) in [5.74, 6) is 2.73. The second kappa shape index (κ2) is 4.24. The van der Waals surface area contributed by atoms with Gasteiger partial charge >= 0.3 is 0 Å². The van der Waals surface area contributed by atoms with Crippen LogP contribution in [0.2, 0.25) is 0 Å². The maximum absolute atomic E-state index is 5.50. The first-order valence-corrected chi connectivity index (χ1v) is 5.36. The predicted molar refractivity (Wildman–Crippen MR) is 69.3 cm³/mol. The van der Waals surface area contributed by atoms with Gasteiger partial charge in [0, 0.05) is 5.56 Å². The molecule has 16 heavy (non-hydrogen) atoms. The summed E-state index contributed by atoms with van der Waals surface area (Å²) >= 11 is 0. The molecule has 0 fully saturated rings. The topological polar surface area (TPSA) is 0 Å². The van der Waals surface area contributed by atoms with E-state index in [1.165, 1.54) is 22.3 Å². The highest BCUT2D eigenvalue weighted by atomic mass is 14.1. The molecule has 0 unspecified atom stereocenters. The summed E-state index contributed by atoms with van der Waals surface area (Å²) in [6.45, 7) is 4.21. The lowest BCUT2D eigenvalue weighted by Crippen LogP contribution is -1.91. The summed E-state index contributed by atoms with van der Waals surface area (Å²) in [5.41, 5.74) is 5.92. The molecule has 0 aliphatic heterocycles. The Balaban J connectivity index is 2.70. The fraction of sp³-hybridized carbons (Fsp3) is 0.125. The van der Waals surface area contributed by atoms with Crippen molar-refractivity contribution in [3.63, 3.8) is 0 Å². The first-order valence-electron chi connectivity index (χ1n) is 5.36. The SMILES string of the molecule is C#Cc1ccc(C)c(-c2ccccc2)c1C. The van der Waals surface area contributed by atoms with E-state index in [1.54, 1.807) is 0 Å². The Morgan fingerprint density at radius 3 is 2.25 bits per heavy atom. The van der Waals surface area contributed by atoms with Gasteiger partial charge in [0.25, 0.3) is 0 Å². The van der Waals surface area contributed by atoms with Crippen molar-refractivity contribution in [3.8, 4) is 23.5 Å². The summed E-state index contributed by atoms with van der Waals surface area (Å²) in [4.78, 5) is 0. The van der Waals surface area contributed by atoms with Crippen molar-refractivity contribution >= 4 is 0 Å². The van der Waals surface area contributed by atoms with Crippen LogP contribution in [-0.2, 0) is 0 Å². The second-order valence-electron chi connectivity index (χ2n) is 3.94. The van der Waals surface area contributed by atoms with Crippen molar-refractivity contribution in [3.05, 3.63) is 59.2 Å². The Bertz CT molecular complexity index is 542. The number of benzene rings is 2. The van der Waals surface area contributed by atoms with E-state index in [-0.39, 0.29) is 0 Å². The zero-order chi connectivity index (χ0) is 11.5. The van der Waals surface area contributed by atoms with Crippen LogP contribution in [-0.4, -0.2) is 0 Å². The molecule has 0 saturated carbocycles. The van der Waals surface area contributed by atoms with Crippen molar-refractivity contribution < 1.29 is 0 Å². The van der Waals surface area contributed by atoms with E-state index in [2.05, 4.69) is 50.1 Å². The Kier molecular flexibility index (Phi) is 2.79. The average Bonchev–Trinajstić information content (AvgIpc) is 2.31. The highest BCUT2D eigenvalue weighted by Gasteiger charge is 2.07. The summed E-state index contributed by atoms with van der Waals surface area (Å²) in [6, 6.07) is 14.5. The van der Waals surface area contributed by atoms with Crippen LogP contribution >= 0.6 is 0 Å². The lowest BCUT2D eigenvalue weighted by molar-refractivity contribution is 1.36. The summed E-state index contributed by atoms with van der Waals surface area (Å²) in [5, 5.41) is 0. The molecule has 0 atom stereocenters. The van der Waals surface area contributed by atoms with E-state index in [4.69, 9.17) is 6.42 Å². The number of aryl methyl sites for hydroxylation is 1. The number of rotatable bonds is 1. The molecule has 78 valence electrons. The van der Waals surface area contributed by atoms with Gasteiger partial charge in [-0.1, -0.05) is 42.3 Å². The van der Waals surface area contributed by atoms with Crippen LogP contribution in [0.5, 0.6) is 0 Å². The number of terminal acetylenes is 1. The first-order chi connectivity index (χ1) is 7.74. The molecule has 0 aliphatic rings. The van der Waals surface area contributed by atoms with Gasteiger partial charge in [-0.15, -0.1) is 6.42 Å². The third-order valence-electron chi connectivity index (χ3n) is 2.89. The number of hydrogen-bond acceptors (Lipinski definition) is 0. The van der Waals surface area contributed by atoms with Gasteiger partial charge in [-0.2, -0.15) is 0 Å². The molecule has 2 aromatic carbocycles. The van der Waals surface area contributed by atoms with Gasteiger partial charge in [0.15, 0.2) is 0 Å². The van der Waals surface area contributed by atoms with Crippen LogP contribution in [0.1, 0.15) is 16.7 Å². The molecule has 0 saturated heterocycles. The highest BCUT2D eigenvalue weighted by Crippen LogP contribution is 2.28. The molecule has 0 aliphatic carbocycles. The molecule has 0 spiro atoms. The van der Waals surface area contributed by atoms with Crippen molar-refractivity contribution in [2.75, 3.05) is 0 Å². The van der Waals surface area contributed by atoms with E-state index in [1.807, 2.05) is 12.1 Å². The quantitative estimate of drug-likeness (QED) is 0.620. The molecule has 0 heteroatoms. The fourth-order valence-corrected chi connectivity index (χ4v) is 2.05. The Morgan fingerprint density at radius 1 is 0.938 bits per heavy atom. The van der Waals surface area contributed by atoms with Crippen LogP contribution in [0.4, 0.5) is 0 Å². The normalized spacial score (nSPS) is 9.81. The lowest BCUT2D eigenvalue weighted by Gasteiger charge is -2.11. The maximum Gasteiger partial charge on any atom is 0.0278 e. The van der Waals surface area contributed by atoms with Crippen LogP contribution in [0, 0.1) is 26.2 Å². The molecule has 0 bridgehead atoms. The zero-order valence-electron chi connectivity index (χ0n) is 9.62. The molecule has 0 amide bonds.